The maximum Gasteiger partial charge on any atom is 0.319 e. The van der Waals surface area contributed by atoms with Crippen molar-refractivity contribution in [1.82, 2.24) is 0 Å². The summed E-state index contributed by atoms with van der Waals surface area (Å²) in [6, 6.07) is 12.0. The van der Waals surface area contributed by atoms with Gasteiger partial charge in [0.15, 0.2) is 0 Å². The molecule has 0 saturated carbocycles. The van der Waals surface area contributed by atoms with Gasteiger partial charge in [0.25, 0.3) is 0 Å². The third-order valence-electron chi connectivity index (χ3n) is 4.62. The number of hydrogen-bond donors (Lipinski definition) is 1. The SMILES string of the molecule is CSC(=S)SC(CC(CC(C)(C#N)CCC(=O)O)c1ccccc1)C(=O)OCCBr. The number of thioether (sulfide) groups is 2. The van der Waals surface area contributed by atoms with Crippen LogP contribution in [0.5, 0.6) is 0 Å². The zero-order chi connectivity index (χ0) is 22.6. The summed E-state index contributed by atoms with van der Waals surface area (Å²) in [5, 5.41) is 18.9. The number of rotatable bonds is 12. The van der Waals surface area contributed by atoms with Crippen LogP contribution in [0.2, 0.25) is 0 Å². The Morgan fingerprint density at radius 2 is 2.03 bits per heavy atom. The van der Waals surface area contributed by atoms with Crippen molar-refractivity contribution in [2.75, 3.05) is 18.2 Å². The molecule has 3 unspecified atom stereocenters. The average molecular weight is 533 g/mol. The number of benzene rings is 1. The minimum absolute atomic E-state index is 0.0758. The fourth-order valence-electron chi connectivity index (χ4n) is 3.04. The average Bonchev–Trinajstić information content (AvgIpc) is 2.75. The number of carboxylic acids is 1. The molecular formula is C21H26BrNO4S3. The van der Waals surface area contributed by atoms with Crippen molar-refractivity contribution >= 4 is 67.1 Å². The molecular weight excluding hydrogens is 506 g/mol. The summed E-state index contributed by atoms with van der Waals surface area (Å²) in [6.45, 7) is 2.05. The van der Waals surface area contributed by atoms with Crippen LogP contribution < -0.4 is 0 Å². The van der Waals surface area contributed by atoms with Crippen LogP contribution >= 0.6 is 51.7 Å². The maximum absolute atomic E-state index is 12.7. The van der Waals surface area contributed by atoms with Crippen molar-refractivity contribution in [2.45, 2.75) is 43.8 Å². The van der Waals surface area contributed by atoms with Crippen LogP contribution in [-0.4, -0.2) is 44.0 Å². The first-order valence-electron chi connectivity index (χ1n) is 9.40. The lowest BCUT2D eigenvalue weighted by Crippen LogP contribution is -2.27. The van der Waals surface area contributed by atoms with Crippen LogP contribution in [0, 0.1) is 16.7 Å². The number of alkyl halides is 1. The van der Waals surface area contributed by atoms with Crippen LogP contribution in [0.4, 0.5) is 0 Å². The molecule has 0 spiro atoms. The zero-order valence-electron chi connectivity index (χ0n) is 17.0. The highest BCUT2D eigenvalue weighted by molar-refractivity contribution is 9.09. The van der Waals surface area contributed by atoms with Gasteiger partial charge in [-0.2, -0.15) is 5.26 Å². The first-order valence-corrected chi connectivity index (χ1v) is 13.0. The minimum atomic E-state index is -0.926. The number of carbonyl (C=O) groups excluding carboxylic acids is 1. The van der Waals surface area contributed by atoms with Gasteiger partial charge in [0.1, 0.15) is 15.4 Å². The molecule has 0 aliphatic heterocycles. The Balaban J connectivity index is 3.15. The summed E-state index contributed by atoms with van der Waals surface area (Å²) >= 11 is 11.3. The van der Waals surface area contributed by atoms with Gasteiger partial charge >= 0.3 is 11.9 Å². The van der Waals surface area contributed by atoms with Crippen molar-refractivity contribution < 1.29 is 19.4 Å². The first-order chi connectivity index (χ1) is 14.2. The number of esters is 1. The van der Waals surface area contributed by atoms with E-state index in [9.17, 15) is 14.9 Å². The Kier molecular flexibility index (Phi) is 12.6. The first kappa shape index (κ1) is 27.0. The van der Waals surface area contributed by atoms with E-state index < -0.39 is 16.6 Å². The number of aliphatic carboxylic acids is 1. The van der Waals surface area contributed by atoms with Gasteiger partial charge in [-0.1, -0.05) is 70.2 Å². The highest BCUT2D eigenvalue weighted by Gasteiger charge is 2.33. The number of ether oxygens (including phenoxy) is 1. The predicted octanol–water partition coefficient (Wildman–Crippen LogP) is 5.63. The van der Waals surface area contributed by atoms with E-state index in [1.54, 1.807) is 6.92 Å². The number of nitriles is 1. The number of nitrogens with zero attached hydrogens (tertiary/aromatic N) is 1. The van der Waals surface area contributed by atoms with Crippen molar-refractivity contribution in [3.8, 4) is 6.07 Å². The lowest BCUT2D eigenvalue weighted by molar-refractivity contribution is -0.142. The summed E-state index contributed by atoms with van der Waals surface area (Å²) in [5.41, 5.74) is 0.178. The number of halogens is 1. The zero-order valence-corrected chi connectivity index (χ0v) is 21.0. The van der Waals surface area contributed by atoms with Crippen molar-refractivity contribution in [1.29, 1.82) is 5.26 Å². The molecule has 1 rings (SSSR count). The number of hydrogen-bond acceptors (Lipinski definition) is 7. The van der Waals surface area contributed by atoms with E-state index in [0.29, 0.717) is 21.7 Å². The molecule has 1 N–H and O–H groups in total. The van der Waals surface area contributed by atoms with E-state index in [4.69, 9.17) is 22.1 Å². The minimum Gasteiger partial charge on any atom is -0.481 e. The normalized spacial score (nSPS) is 14.7. The summed E-state index contributed by atoms with van der Waals surface area (Å²) in [7, 11) is 0. The molecule has 0 amide bonds. The molecule has 9 heteroatoms. The Morgan fingerprint density at radius 3 is 2.57 bits per heavy atom. The number of carbonyl (C=O) groups is 2. The van der Waals surface area contributed by atoms with Gasteiger partial charge in [0.2, 0.25) is 0 Å². The number of thiocarbonyl (C=S) groups is 1. The maximum atomic E-state index is 12.7. The van der Waals surface area contributed by atoms with Crippen LogP contribution in [0.15, 0.2) is 30.3 Å². The molecule has 1 aromatic rings. The van der Waals surface area contributed by atoms with Gasteiger partial charge in [-0.25, -0.2) is 0 Å². The second kappa shape index (κ2) is 14.1. The van der Waals surface area contributed by atoms with Gasteiger partial charge < -0.3 is 9.84 Å². The smallest absolute Gasteiger partial charge is 0.319 e. The lowest BCUT2D eigenvalue weighted by atomic mass is 9.75. The predicted molar refractivity (Wildman–Crippen MR) is 131 cm³/mol. The summed E-state index contributed by atoms with van der Waals surface area (Å²) < 4.78 is 6.00. The van der Waals surface area contributed by atoms with E-state index in [0.717, 1.165) is 5.56 Å². The summed E-state index contributed by atoms with van der Waals surface area (Å²) in [6.07, 6.45) is 2.92. The Labute approximate surface area is 200 Å². The summed E-state index contributed by atoms with van der Waals surface area (Å²) in [4.78, 5) is 23.7. The van der Waals surface area contributed by atoms with Crippen LogP contribution in [0.3, 0.4) is 0 Å². The Morgan fingerprint density at radius 1 is 1.37 bits per heavy atom. The van der Waals surface area contributed by atoms with Gasteiger partial charge in [-0.3, -0.25) is 9.59 Å². The highest BCUT2D eigenvalue weighted by atomic mass is 79.9. The van der Waals surface area contributed by atoms with Gasteiger partial charge in [-0.05, 0) is 43.9 Å². The monoisotopic (exact) mass is 531 g/mol. The van der Waals surface area contributed by atoms with Crippen LogP contribution in [0.1, 0.15) is 44.1 Å². The molecule has 0 aromatic heterocycles. The molecule has 0 bridgehead atoms. The van der Waals surface area contributed by atoms with E-state index >= 15 is 0 Å². The van der Waals surface area contributed by atoms with Gasteiger partial charge in [0, 0.05) is 11.8 Å². The fourth-order valence-corrected chi connectivity index (χ4v) is 5.01. The van der Waals surface area contributed by atoms with Gasteiger partial charge in [-0.15, -0.1) is 11.8 Å². The van der Waals surface area contributed by atoms with Crippen LogP contribution in [0.25, 0.3) is 0 Å². The van der Waals surface area contributed by atoms with E-state index in [2.05, 4.69) is 22.0 Å². The van der Waals surface area contributed by atoms with Crippen molar-refractivity contribution in [2.24, 2.45) is 5.41 Å². The second-order valence-corrected chi connectivity index (χ2v) is 11.0. The topological polar surface area (TPSA) is 87.4 Å². The highest BCUT2D eigenvalue weighted by Crippen LogP contribution is 2.40. The molecule has 5 nitrogen and oxygen atoms in total. The largest absolute Gasteiger partial charge is 0.481 e. The molecule has 30 heavy (non-hydrogen) atoms. The molecule has 164 valence electrons. The third-order valence-corrected chi connectivity index (χ3v) is 7.71. The molecule has 0 aliphatic rings. The fraction of sp³-hybridized carbons (Fsp3) is 0.524. The molecule has 1 aromatic carbocycles. The number of carboxylic acid groups (broad SMARTS) is 1. The quantitative estimate of drug-likeness (QED) is 0.211. The summed E-state index contributed by atoms with van der Waals surface area (Å²) in [5.74, 6) is -1.38. The standard InChI is InChI=1S/C21H26BrNO4S3/c1-21(14-23,9-8-18(24)25)13-16(15-6-4-3-5-7-15)12-17(30-20(28)29-2)19(26)27-11-10-22/h3-7,16-17H,8-13H2,1-2H3,(H,24,25). The molecule has 0 aliphatic carbocycles. The van der Waals surface area contributed by atoms with E-state index in [1.807, 2.05) is 36.6 Å². The molecule has 0 saturated heterocycles. The Bertz CT molecular complexity index is 756. The molecule has 0 radical (unpaired) electrons. The molecule has 0 heterocycles. The second-order valence-electron chi connectivity index (χ2n) is 7.03. The van der Waals surface area contributed by atoms with E-state index in [-0.39, 0.29) is 31.3 Å². The molecule has 0 fully saturated rings. The van der Waals surface area contributed by atoms with Crippen LogP contribution in [-0.2, 0) is 14.3 Å². The Hall–Kier alpha value is -1.08. The van der Waals surface area contributed by atoms with Crippen molar-refractivity contribution in [3.63, 3.8) is 0 Å². The third kappa shape index (κ3) is 9.82. The van der Waals surface area contributed by atoms with Gasteiger partial charge in [0.05, 0.1) is 11.5 Å². The molecule has 3 atom stereocenters. The van der Waals surface area contributed by atoms with E-state index in [1.165, 1.54) is 23.5 Å². The lowest BCUT2D eigenvalue weighted by Gasteiger charge is -2.29. The van der Waals surface area contributed by atoms with Crippen molar-refractivity contribution in [3.05, 3.63) is 35.9 Å².